The minimum atomic E-state index is -0.568. The molecule has 0 aliphatic heterocycles. The molecule has 4 rings (SSSR count). The Hall–Kier alpha value is -3.68. The topological polar surface area (TPSA) is 105 Å². The number of nitrogens with zero attached hydrogens (tertiary/aromatic N) is 2. The molecule has 2 aromatic carbocycles. The number of rotatable bonds is 7. The molecule has 1 aromatic heterocycles. The van der Waals surface area contributed by atoms with Crippen LogP contribution in [-0.2, 0) is 9.59 Å². The number of carbonyl (C=O) groups is 3. The molecule has 8 heteroatoms. The van der Waals surface area contributed by atoms with Crippen molar-refractivity contribution in [1.82, 2.24) is 20.5 Å². The van der Waals surface area contributed by atoms with E-state index in [1.54, 1.807) is 17.0 Å². The van der Waals surface area contributed by atoms with Crippen LogP contribution in [0.25, 0.3) is 22.6 Å². The molecule has 3 aromatic rings. The van der Waals surface area contributed by atoms with Gasteiger partial charge in [0, 0.05) is 40.0 Å². The van der Waals surface area contributed by atoms with Gasteiger partial charge in [0.05, 0.1) is 0 Å². The monoisotopic (exact) mass is 494 g/mol. The molecule has 0 bridgehead atoms. The Kier molecular flexibility index (Phi) is 7.72. The lowest BCUT2D eigenvalue weighted by Crippen LogP contribution is -2.53. The Labute approximate surface area is 214 Å². The van der Waals surface area contributed by atoms with Crippen molar-refractivity contribution in [3.05, 3.63) is 54.1 Å². The van der Waals surface area contributed by atoms with E-state index in [-0.39, 0.29) is 38.6 Å². The molecule has 0 spiro atoms. The van der Waals surface area contributed by atoms with Crippen LogP contribution in [-0.4, -0.2) is 52.8 Å². The van der Waals surface area contributed by atoms with Crippen molar-refractivity contribution in [2.24, 2.45) is 5.92 Å². The van der Waals surface area contributed by atoms with Crippen molar-refractivity contribution < 1.29 is 21.7 Å². The highest BCUT2D eigenvalue weighted by molar-refractivity contribution is 5.94. The van der Waals surface area contributed by atoms with Gasteiger partial charge in [-0.25, -0.2) is 4.98 Å². The molecule has 0 saturated heterocycles. The average molecular weight is 495 g/mol. The van der Waals surface area contributed by atoms with Gasteiger partial charge in [0.25, 0.3) is 5.91 Å². The SMILES string of the molecule is CC(=O)N[C@H](C(=O)N[C@H]1CCC[C@@H](N(C)C(=O)c2ccc(-c3nc4ccccc4o3)cc2)C1)C(C)C.[HH].[HH]. The summed E-state index contributed by atoms with van der Waals surface area (Å²) in [5.74, 6) is 0.0467. The summed E-state index contributed by atoms with van der Waals surface area (Å²) in [7, 11) is 1.82. The Bertz CT molecular complexity index is 1210. The molecule has 1 aliphatic carbocycles. The van der Waals surface area contributed by atoms with Gasteiger partial charge in [0.2, 0.25) is 17.7 Å². The van der Waals surface area contributed by atoms with Crippen LogP contribution < -0.4 is 10.6 Å². The first kappa shape index (κ1) is 25.4. The smallest absolute Gasteiger partial charge is 0.253 e. The van der Waals surface area contributed by atoms with Gasteiger partial charge in [-0.05, 0) is 68.0 Å². The predicted octanol–water partition coefficient (Wildman–Crippen LogP) is 4.65. The van der Waals surface area contributed by atoms with Crippen LogP contribution in [0, 0.1) is 5.92 Å². The maximum atomic E-state index is 13.2. The van der Waals surface area contributed by atoms with Gasteiger partial charge in [-0.3, -0.25) is 14.4 Å². The number of nitrogens with one attached hydrogen (secondary N) is 2. The molecular formula is C28H38N4O4. The van der Waals surface area contributed by atoms with Gasteiger partial charge in [-0.15, -0.1) is 0 Å². The lowest BCUT2D eigenvalue weighted by atomic mass is 9.89. The number of benzene rings is 2. The van der Waals surface area contributed by atoms with Gasteiger partial charge in [-0.2, -0.15) is 0 Å². The molecule has 1 fully saturated rings. The molecule has 3 amide bonds. The Morgan fingerprint density at radius 1 is 1.08 bits per heavy atom. The van der Waals surface area contributed by atoms with E-state index in [0.29, 0.717) is 17.9 Å². The molecule has 8 nitrogen and oxygen atoms in total. The standard InChI is InChI=1S/C28H34N4O4.2H2/c1-17(2)25(29-18(3)33)26(34)30-21-8-7-9-22(16-21)32(4)28(35)20-14-12-19(13-15-20)27-31-23-10-5-6-11-24(23)36-27;;/h5-6,10-15,17,21-22,25H,7-9,16H2,1-4H3,(H,29,33)(H,30,34);2*1H/t21-,22+,25-;;/m0../s1. The highest BCUT2D eigenvalue weighted by atomic mass is 16.3. The van der Waals surface area contributed by atoms with Crippen LogP contribution in [0.5, 0.6) is 0 Å². The highest BCUT2D eigenvalue weighted by Gasteiger charge is 2.31. The minimum Gasteiger partial charge on any atom is -0.436 e. The largest absolute Gasteiger partial charge is 0.436 e. The van der Waals surface area contributed by atoms with E-state index in [1.165, 1.54) is 6.92 Å². The van der Waals surface area contributed by atoms with E-state index in [1.807, 2.05) is 57.3 Å². The zero-order chi connectivity index (χ0) is 25.8. The number of amides is 3. The van der Waals surface area contributed by atoms with Crippen molar-refractivity contribution >= 4 is 28.8 Å². The number of hydrogen-bond donors (Lipinski definition) is 2. The first-order chi connectivity index (χ1) is 17.2. The average Bonchev–Trinajstić information content (AvgIpc) is 3.31. The number of para-hydroxylation sites is 2. The van der Waals surface area contributed by atoms with Crippen LogP contribution in [0.3, 0.4) is 0 Å². The summed E-state index contributed by atoms with van der Waals surface area (Å²) >= 11 is 0. The van der Waals surface area contributed by atoms with Crippen molar-refractivity contribution in [3.8, 4) is 11.5 Å². The molecule has 1 heterocycles. The quantitative estimate of drug-likeness (QED) is 0.498. The van der Waals surface area contributed by atoms with Crippen LogP contribution in [0.4, 0.5) is 0 Å². The van der Waals surface area contributed by atoms with Crippen molar-refractivity contribution in [2.75, 3.05) is 7.05 Å². The maximum absolute atomic E-state index is 13.2. The fourth-order valence-electron chi connectivity index (χ4n) is 4.81. The number of hydrogen-bond acceptors (Lipinski definition) is 5. The highest BCUT2D eigenvalue weighted by Crippen LogP contribution is 2.26. The third-order valence-corrected chi connectivity index (χ3v) is 6.84. The van der Waals surface area contributed by atoms with Crippen molar-refractivity contribution in [1.29, 1.82) is 0 Å². The minimum absolute atomic E-state index is 0. The number of carbonyl (C=O) groups excluding carboxylic acids is 3. The number of oxazole rings is 1. The van der Waals surface area contributed by atoms with Crippen molar-refractivity contribution in [2.45, 2.75) is 64.6 Å². The van der Waals surface area contributed by atoms with Crippen LogP contribution in [0.2, 0.25) is 0 Å². The van der Waals surface area contributed by atoms with Gasteiger partial charge < -0.3 is 20.0 Å². The van der Waals surface area contributed by atoms with E-state index in [9.17, 15) is 14.4 Å². The van der Waals surface area contributed by atoms with Crippen LogP contribution in [0.1, 0.15) is 59.7 Å². The molecule has 1 aliphatic rings. The van der Waals surface area contributed by atoms with E-state index in [4.69, 9.17) is 4.42 Å². The Morgan fingerprint density at radius 3 is 2.47 bits per heavy atom. The van der Waals surface area contributed by atoms with Crippen LogP contribution >= 0.6 is 0 Å². The van der Waals surface area contributed by atoms with E-state index in [0.717, 1.165) is 35.9 Å². The Morgan fingerprint density at radius 2 is 1.81 bits per heavy atom. The molecule has 1 saturated carbocycles. The third kappa shape index (κ3) is 5.75. The normalized spacial score (nSPS) is 18.6. The lowest BCUT2D eigenvalue weighted by molar-refractivity contribution is -0.129. The summed E-state index contributed by atoms with van der Waals surface area (Å²) in [6, 6.07) is 14.3. The summed E-state index contributed by atoms with van der Waals surface area (Å²) in [6.07, 6.45) is 3.33. The molecule has 3 atom stereocenters. The first-order valence-electron chi connectivity index (χ1n) is 12.5. The van der Waals surface area contributed by atoms with Gasteiger partial charge >= 0.3 is 0 Å². The van der Waals surface area contributed by atoms with Crippen LogP contribution in [0.15, 0.2) is 52.9 Å². The number of fused-ring (bicyclic) bond motifs is 1. The zero-order valence-corrected chi connectivity index (χ0v) is 21.3. The summed E-state index contributed by atoms with van der Waals surface area (Å²) in [6.45, 7) is 5.23. The van der Waals surface area contributed by atoms with E-state index >= 15 is 0 Å². The molecule has 0 radical (unpaired) electrons. The second-order valence-corrected chi connectivity index (χ2v) is 9.93. The fourth-order valence-corrected chi connectivity index (χ4v) is 4.81. The third-order valence-electron chi connectivity index (χ3n) is 6.84. The molecule has 2 N–H and O–H groups in total. The second kappa shape index (κ2) is 10.9. The van der Waals surface area contributed by atoms with Gasteiger partial charge in [0.15, 0.2) is 5.58 Å². The zero-order valence-electron chi connectivity index (χ0n) is 21.3. The maximum Gasteiger partial charge on any atom is 0.253 e. The summed E-state index contributed by atoms with van der Waals surface area (Å²) in [5, 5.41) is 5.84. The Balaban J connectivity index is 0.00000253. The number of aromatic nitrogens is 1. The molecular weight excluding hydrogens is 456 g/mol. The predicted molar refractivity (Wildman–Crippen MR) is 142 cm³/mol. The van der Waals surface area contributed by atoms with Crippen molar-refractivity contribution in [3.63, 3.8) is 0 Å². The lowest BCUT2D eigenvalue weighted by Gasteiger charge is -2.36. The first-order valence-corrected chi connectivity index (χ1v) is 12.5. The van der Waals surface area contributed by atoms with Gasteiger partial charge in [0.1, 0.15) is 11.6 Å². The van der Waals surface area contributed by atoms with E-state index in [2.05, 4.69) is 15.6 Å². The summed E-state index contributed by atoms with van der Waals surface area (Å²) in [5.41, 5.74) is 2.92. The fraction of sp³-hybridized carbons (Fsp3) is 0.429. The molecule has 0 unspecified atom stereocenters. The summed E-state index contributed by atoms with van der Waals surface area (Å²) in [4.78, 5) is 43.8. The summed E-state index contributed by atoms with van der Waals surface area (Å²) < 4.78 is 5.83. The van der Waals surface area contributed by atoms with Gasteiger partial charge in [-0.1, -0.05) is 26.0 Å². The van der Waals surface area contributed by atoms with E-state index < -0.39 is 6.04 Å². The molecule has 36 heavy (non-hydrogen) atoms. The molecule has 194 valence electrons. The second-order valence-electron chi connectivity index (χ2n) is 9.93.